The Bertz CT molecular complexity index is 213. The normalized spacial score (nSPS) is 9.40. The van der Waals surface area contributed by atoms with Gasteiger partial charge in [-0.1, -0.05) is 0 Å². The Kier molecular flexibility index (Phi) is 1.71. The molecule has 0 aliphatic heterocycles. The number of aromatic nitrogens is 2. The summed E-state index contributed by atoms with van der Waals surface area (Å²) in [7, 11) is 1.79. The number of nitrogens with two attached hydrogens (primary N) is 1. The molecule has 3 N–H and O–H groups in total. The highest BCUT2D eigenvalue weighted by molar-refractivity contribution is 5.43. The number of nitrogen functional groups attached to an aromatic ring is 1. The van der Waals surface area contributed by atoms with Crippen LogP contribution in [-0.2, 0) is 0 Å². The molecule has 0 spiro atoms. The number of rotatable bonds is 1. The number of anilines is 2. The van der Waals surface area contributed by atoms with E-state index in [1.807, 2.05) is 0 Å². The van der Waals surface area contributed by atoms with Crippen LogP contribution in [0.15, 0.2) is 6.07 Å². The highest BCUT2D eigenvalue weighted by Crippen LogP contribution is 2.05. The second-order valence-electron chi connectivity index (χ2n) is 1.98. The molecule has 4 nitrogen and oxygen atoms in total. The van der Waals surface area contributed by atoms with E-state index in [1.54, 1.807) is 20.0 Å². The lowest BCUT2D eigenvalue weighted by atomic mass is 10.5. The SMILES string of the molecule is CNc1cc(N)nc(C)n1. The molecule has 0 bridgehead atoms. The molecule has 0 amide bonds. The minimum atomic E-state index is 0.497. The third kappa shape index (κ3) is 1.34. The fourth-order valence-electron chi connectivity index (χ4n) is 0.719. The maximum Gasteiger partial charge on any atom is 0.131 e. The van der Waals surface area contributed by atoms with Gasteiger partial charge in [0.2, 0.25) is 0 Å². The van der Waals surface area contributed by atoms with Gasteiger partial charge in [0, 0.05) is 13.1 Å². The average molecular weight is 138 g/mol. The van der Waals surface area contributed by atoms with Crippen molar-refractivity contribution in [1.29, 1.82) is 0 Å². The third-order valence-corrected chi connectivity index (χ3v) is 1.11. The summed E-state index contributed by atoms with van der Waals surface area (Å²) in [4.78, 5) is 7.96. The molecule has 1 rings (SSSR count). The van der Waals surface area contributed by atoms with Gasteiger partial charge in [-0.15, -0.1) is 0 Å². The van der Waals surface area contributed by atoms with Crippen molar-refractivity contribution in [3.63, 3.8) is 0 Å². The summed E-state index contributed by atoms with van der Waals surface area (Å²) in [5.74, 6) is 1.94. The van der Waals surface area contributed by atoms with Crippen molar-refractivity contribution < 1.29 is 0 Å². The molecular formula is C6H10N4. The van der Waals surface area contributed by atoms with Crippen LogP contribution < -0.4 is 11.1 Å². The average Bonchev–Trinajstić information content (AvgIpc) is 1.85. The van der Waals surface area contributed by atoms with Crippen LogP contribution in [0.5, 0.6) is 0 Å². The zero-order valence-electron chi connectivity index (χ0n) is 6.05. The van der Waals surface area contributed by atoms with E-state index < -0.39 is 0 Å². The first-order valence-corrected chi connectivity index (χ1v) is 3.01. The summed E-state index contributed by atoms with van der Waals surface area (Å²) in [6.07, 6.45) is 0. The van der Waals surface area contributed by atoms with Gasteiger partial charge in [0.05, 0.1) is 0 Å². The Morgan fingerprint density at radius 3 is 2.70 bits per heavy atom. The van der Waals surface area contributed by atoms with Crippen LogP contribution >= 0.6 is 0 Å². The smallest absolute Gasteiger partial charge is 0.131 e. The Labute approximate surface area is 59.5 Å². The summed E-state index contributed by atoms with van der Waals surface area (Å²) < 4.78 is 0. The van der Waals surface area contributed by atoms with Crippen molar-refractivity contribution >= 4 is 11.6 Å². The van der Waals surface area contributed by atoms with E-state index in [0.717, 1.165) is 5.82 Å². The van der Waals surface area contributed by atoms with E-state index in [9.17, 15) is 0 Å². The molecule has 0 aliphatic carbocycles. The minimum Gasteiger partial charge on any atom is -0.384 e. The lowest BCUT2D eigenvalue weighted by Crippen LogP contribution is -1.99. The first kappa shape index (κ1) is 6.80. The molecule has 0 fully saturated rings. The van der Waals surface area contributed by atoms with E-state index in [1.165, 1.54) is 0 Å². The van der Waals surface area contributed by atoms with Crippen LogP contribution in [0.1, 0.15) is 5.82 Å². The maximum atomic E-state index is 5.44. The first-order valence-electron chi connectivity index (χ1n) is 3.01. The predicted octanol–water partition coefficient (Wildman–Crippen LogP) is 0.409. The topological polar surface area (TPSA) is 63.8 Å². The fourth-order valence-corrected chi connectivity index (χ4v) is 0.719. The number of hydrogen-bond acceptors (Lipinski definition) is 4. The Morgan fingerprint density at radius 2 is 2.20 bits per heavy atom. The van der Waals surface area contributed by atoms with Gasteiger partial charge in [-0.3, -0.25) is 0 Å². The standard InChI is InChI=1S/C6H10N4/c1-4-9-5(7)3-6(8-2)10-4/h3H,1-2H3,(H3,7,8,9,10). The van der Waals surface area contributed by atoms with Crippen LogP contribution in [0.3, 0.4) is 0 Å². The molecule has 10 heavy (non-hydrogen) atoms. The van der Waals surface area contributed by atoms with Crippen molar-refractivity contribution in [3.8, 4) is 0 Å². The van der Waals surface area contributed by atoms with Crippen LogP contribution in [0, 0.1) is 6.92 Å². The molecule has 54 valence electrons. The largest absolute Gasteiger partial charge is 0.384 e. The van der Waals surface area contributed by atoms with Gasteiger partial charge in [0.1, 0.15) is 17.5 Å². The lowest BCUT2D eigenvalue weighted by molar-refractivity contribution is 1.06. The van der Waals surface area contributed by atoms with Gasteiger partial charge in [-0.2, -0.15) is 0 Å². The molecular weight excluding hydrogens is 128 g/mol. The van der Waals surface area contributed by atoms with E-state index >= 15 is 0 Å². The Balaban J connectivity index is 3.06. The molecule has 0 aromatic carbocycles. The van der Waals surface area contributed by atoms with Crippen molar-refractivity contribution in [1.82, 2.24) is 9.97 Å². The predicted molar refractivity (Wildman–Crippen MR) is 40.7 cm³/mol. The summed E-state index contributed by atoms with van der Waals surface area (Å²) in [6, 6.07) is 1.69. The minimum absolute atomic E-state index is 0.497. The van der Waals surface area contributed by atoms with Crippen molar-refractivity contribution in [3.05, 3.63) is 11.9 Å². The molecule has 0 saturated carbocycles. The van der Waals surface area contributed by atoms with E-state index in [0.29, 0.717) is 11.6 Å². The molecule has 0 unspecified atom stereocenters. The second kappa shape index (κ2) is 2.51. The number of nitrogens with zero attached hydrogens (tertiary/aromatic N) is 2. The highest BCUT2D eigenvalue weighted by atomic mass is 15.0. The molecule has 1 heterocycles. The van der Waals surface area contributed by atoms with Gasteiger partial charge in [-0.05, 0) is 6.92 Å². The van der Waals surface area contributed by atoms with Gasteiger partial charge in [-0.25, -0.2) is 9.97 Å². The monoisotopic (exact) mass is 138 g/mol. The Morgan fingerprint density at radius 1 is 1.50 bits per heavy atom. The quantitative estimate of drug-likeness (QED) is 0.590. The fraction of sp³-hybridized carbons (Fsp3) is 0.333. The van der Waals surface area contributed by atoms with Crippen LogP contribution in [-0.4, -0.2) is 17.0 Å². The van der Waals surface area contributed by atoms with Crippen LogP contribution in [0.2, 0.25) is 0 Å². The van der Waals surface area contributed by atoms with Gasteiger partial charge in [0.15, 0.2) is 0 Å². The van der Waals surface area contributed by atoms with Crippen molar-refractivity contribution in [2.75, 3.05) is 18.1 Å². The third-order valence-electron chi connectivity index (χ3n) is 1.11. The molecule has 0 aliphatic rings. The van der Waals surface area contributed by atoms with Gasteiger partial charge < -0.3 is 11.1 Å². The summed E-state index contributed by atoms with van der Waals surface area (Å²) >= 11 is 0. The first-order chi connectivity index (χ1) is 4.72. The summed E-state index contributed by atoms with van der Waals surface area (Å²) in [5.41, 5.74) is 5.44. The van der Waals surface area contributed by atoms with E-state index in [2.05, 4.69) is 15.3 Å². The lowest BCUT2D eigenvalue weighted by Gasteiger charge is -2.00. The highest BCUT2D eigenvalue weighted by Gasteiger charge is 1.94. The molecule has 0 saturated heterocycles. The second-order valence-corrected chi connectivity index (χ2v) is 1.98. The molecule has 4 heteroatoms. The summed E-state index contributed by atoms with van der Waals surface area (Å²) in [5, 5.41) is 2.88. The van der Waals surface area contributed by atoms with Crippen molar-refractivity contribution in [2.45, 2.75) is 6.92 Å². The van der Waals surface area contributed by atoms with Gasteiger partial charge >= 0.3 is 0 Å². The molecule has 0 radical (unpaired) electrons. The molecule has 0 atom stereocenters. The van der Waals surface area contributed by atoms with Gasteiger partial charge in [0.25, 0.3) is 0 Å². The summed E-state index contributed by atoms with van der Waals surface area (Å²) in [6.45, 7) is 1.80. The number of hydrogen-bond donors (Lipinski definition) is 2. The maximum absolute atomic E-state index is 5.44. The van der Waals surface area contributed by atoms with Crippen molar-refractivity contribution in [2.24, 2.45) is 0 Å². The van der Waals surface area contributed by atoms with E-state index in [4.69, 9.17) is 5.73 Å². The zero-order chi connectivity index (χ0) is 7.56. The Hall–Kier alpha value is -1.32. The zero-order valence-corrected chi connectivity index (χ0v) is 6.05. The van der Waals surface area contributed by atoms with E-state index in [-0.39, 0.29) is 0 Å². The van der Waals surface area contributed by atoms with Crippen LogP contribution in [0.4, 0.5) is 11.6 Å². The number of aryl methyl sites for hydroxylation is 1. The number of nitrogens with one attached hydrogen (secondary N) is 1. The van der Waals surface area contributed by atoms with Crippen LogP contribution in [0.25, 0.3) is 0 Å². The molecule has 1 aromatic heterocycles. The molecule has 1 aromatic rings.